The van der Waals surface area contributed by atoms with Crippen molar-refractivity contribution in [3.8, 4) is 0 Å². The molecule has 1 heterocycles. The standard InChI is InChI=1S/C10H8F3NO/c1-6-2-3-8-7(4-6)14-9(15-8)5-10(11,12)13/h2-4H,5H2,1H3. The lowest BCUT2D eigenvalue weighted by Gasteiger charge is -2.00. The fraction of sp³-hybridized carbons (Fsp3) is 0.300. The van der Waals surface area contributed by atoms with Gasteiger partial charge >= 0.3 is 6.18 Å². The summed E-state index contributed by atoms with van der Waals surface area (Å²) < 4.78 is 41.1. The Morgan fingerprint density at radius 1 is 1.33 bits per heavy atom. The molecule has 0 bridgehead atoms. The van der Waals surface area contributed by atoms with Crippen LogP contribution in [0.3, 0.4) is 0 Å². The number of aromatic nitrogens is 1. The Labute approximate surface area is 83.7 Å². The third-order valence-corrected chi connectivity index (χ3v) is 1.94. The first kappa shape index (κ1) is 10.0. The summed E-state index contributed by atoms with van der Waals surface area (Å²) in [6.45, 7) is 1.84. The highest BCUT2D eigenvalue weighted by Gasteiger charge is 2.30. The molecule has 0 unspecified atom stereocenters. The average Bonchev–Trinajstić information content (AvgIpc) is 2.42. The van der Waals surface area contributed by atoms with Crippen molar-refractivity contribution in [1.29, 1.82) is 0 Å². The minimum absolute atomic E-state index is 0.289. The van der Waals surface area contributed by atoms with Gasteiger partial charge in [0.1, 0.15) is 11.9 Å². The molecule has 2 aromatic rings. The van der Waals surface area contributed by atoms with E-state index < -0.39 is 12.6 Å². The van der Waals surface area contributed by atoms with Crippen LogP contribution in [0.5, 0.6) is 0 Å². The highest BCUT2D eigenvalue weighted by molar-refractivity contribution is 5.73. The molecule has 0 amide bonds. The van der Waals surface area contributed by atoms with E-state index in [1.54, 1.807) is 18.2 Å². The first-order valence-corrected chi connectivity index (χ1v) is 4.37. The van der Waals surface area contributed by atoms with Crippen LogP contribution >= 0.6 is 0 Å². The van der Waals surface area contributed by atoms with Crippen LogP contribution in [0.2, 0.25) is 0 Å². The predicted molar refractivity (Wildman–Crippen MR) is 48.5 cm³/mol. The minimum atomic E-state index is -4.28. The van der Waals surface area contributed by atoms with Crippen molar-refractivity contribution in [2.24, 2.45) is 0 Å². The second-order valence-electron chi connectivity index (χ2n) is 3.37. The number of hydrogen-bond donors (Lipinski definition) is 0. The molecule has 0 aliphatic rings. The Kier molecular flexibility index (Phi) is 2.17. The number of oxazole rings is 1. The second kappa shape index (κ2) is 3.25. The van der Waals surface area contributed by atoms with Gasteiger partial charge in [0.2, 0.25) is 5.89 Å². The minimum Gasteiger partial charge on any atom is -0.440 e. The highest BCUT2D eigenvalue weighted by atomic mass is 19.4. The van der Waals surface area contributed by atoms with Gasteiger partial charge in [-0.1, -0.05) is 6.07 Å². The maximum atomic E-state index is 12.0. The quantitative estimate of drug-likeness (QED) is 0.729. The summed E-state index contributed by atoms with van der Waals surface area (Å²) in [5.41, 5.74) is 1.79. The van der Waals surface area contributed by atoms with Gasteiger partial charge in [-0.3, -0.25) is 0 Å². The normalized spacial score (nSPS) is 12.3. The van der Waals surface area contributed by atoms with Gasteiger partial charge in [-0.2, -0.15) is 13.2 Å². The summed E-state index contributed by atoms with van der Waals surface area (Å²) in [4.78, 5) is 3.77. The van der Waals surface area contributed by atoms with Gasteiger partial charge in [-0.25, -0.2) is 4.98 Å². The zero-order chi connectivity index (χ0) is 11.1. The number of rotatable bonds is 1. The lowest BCUT2D eigenvalue weighted by atomic mass is 10.2. The number of benzene rings is 1. The van der Waals surface area contributed by atoms with Gasteiger partial charge in [-0.05, 0) is 24.6 Å². The number of aryl methyl sites for hydroxylation is 1. The van der Waals surface area contributed by atoms with E-state index in [1.165, 1.54) is 0 Å². The van der Waals surface area contributed by atoms with E-state index in [-0.39, 0.29) is 5.89 Å². The highest BCUT2D eigenvalue weighted by Crippen LogP contribution is 2.24. The van der Waals surface area contributed by atoms with Gasteiger partial charge in [0.25, 0.3) is 0 Å². The maximum absolute atomic E-state index is 12.0. The Bertz CT molecular complexity index is 487. The van der Waals surface area contributed by atoms with Crippen LogP contribution < -0.4 is 0 Å². The van der Waals surface area contributed by atoms with Crippen LogP contribution in [-0.4, -0.2) is 11.2 Å². The molecule has 1 aromatic carbocycles. The fourth-order valence-electron chi connectivity index (χ4n) is 1.33. The summed E-state index contributed by atoms with van der Waals surface area (Å²) in [5.74, 6) is -0.289. The summed E-state index contributed by atoms with van der Waals surface area (Å²) in [6, 6.07) is 5.08. The Morgan fingerprint density at radius 3 is 2.73 bits per heavy atom. The Balaban J connectivity index is 2.39. The van der Waals surface area contributed by atoms with Crippen LogP contribution in [0, 0.1) is 6.92 Å². The van der Waals surface area contributed by atoms with Crippen LogP contribution in [0.4, 0.5) is 13.2 Å². The zero-order valence-electron chi connectivity index (χ0n) is 7.93. The number of fused-ring (bicyclic) bond motifs is 1. The molecule has 0 radical (unpaired) electrons. The van der Waals surface area contributed by atoms with Crippen molar-refractivity contribution in [3.05, 3.63) is 29.7 Å². The molecule has 0 N–H and O–H groups in total. The molecular weight excluding hydrogens is 207 g/mol. The number of alkyl halides is 3. The van der Waals surface area contributed by atoms with E-state index >= 15 is 0 Å². The SMILES string of the molecule is Cc1ccc2oc(CC(F)(F)F)nc2c1. The van der Waals surface area contributed by atoms with Crippen molar-refractivity contribution >= 4 is 11.1 Å². The first-order valence-electron chi connectivity index (χ1n) is 4.37. The smallest absolute Gasteiger partial charge is 0.397 e. The maximum Gasteiger partial charge on any atom is 0.397 e. The summed E-state index contributed by atoms with van der Waals surface area (Å²) >= 11 is 0. The average molecular weight is 215 g/mol. The van der Waals surface area contributed by atoms with Gasteiger partial charge < -0.3 is 4.42 Å². The van der Waals surface area contributed by atoms with Gasteiger partial charge in [-0.15, -0.1) is 0 Å². The van der Waals surface area contributed by atoms with Crippen molar-refractivity contribution in [3.63, 3.8) is 0 Å². The van der Waals surface area contributed by atoms with Crippen molar-refractivity contribution in [2.45, 2.75) is 19.5 Å². The van der Waals surface area contributed by atoms with E-state index in [9.17, 15) is 13.2 Å². The molecule has 0 spiro atoms. The summed E-state index contributed by atoms with van der Waals surface area (Å²) in [5, 5.41) is 0. The molecular formula is C10H8F3NO. The number of hydrogen-bond acceptors (Lipinski definition) is 2. The lowest BCUT2D eigenvalue weighted by molar-refractivity contribution is -0.130. The molecule has 0 atom stereocenters. The molecule has 2 nitrogen and oxygen atoms in total. The molecule has 15 heavy (non-hydrogen) atoms. The molecule has 2 rings (SSSR count). The van der Waals surface area contributed by atoms with E-state index in [0.717, 1.165) is 5.56 Å². The Hall–Kier alpha value is -1.52. The van der Waals surface area contributed by atoms with E-state index in [1.807, 2.05) is 6.92 Å². The molecule has 5 heteroatoms. The molecule has 0 aliphatic heterocycles. The number of nitrogens with zero attached hydrogens (tertiary/aromatic N) is 1. The first-order chi connectivity index (χ1) is 6.94. The van der Waals surface area contributed by atoms with Gasteiger partial charge in [0, 0.05) is 0 Å². The summed E-state index contributed by atoms with van der Waals surface area (Å²) in [6.07, 6.45) is -5.41. The predicted octanol–water partition coefficient (Wildman–Crippen LogP) is 3.24. The zero-order valence-corrected chi connectivity index (χ0v) is 7.93. The van der Waals surface area contributed by atoms with Crippen LogP contribution in [0.15, 0.2) is 22.6 Å². The van der Waals surface area contributed by atoms with E-state index in [2.05, 4.69) is 4.98 Å². The fourth-order valence-corrected chi connectivity index (χ4v) is 1.33. The molecule has 1 aromatic heterocycles. The molecule has 0 aliphatic carbocycles. The van der Waals surface area contributed by atoms with Gasteiger partial charge in [0.15, 0.2) is 5.58 Å². The lowest BCUT2D eigenvalue weighted by Crippen LogP contribution is -2.11. The van der Waals surface area contributed by atoms with Crippen LogP contribution in [-0.2, 0) is 6.42 Å². The second-order valence-corrected chi connectivity index (χ2v) is 3.37. The third-order valence-electron chi connectivity index (χ3n) is 1.94. The van der Waals surface area contributed by atoms with Crippen molar-refractivity contribution in [1.82, 2.24) is 4.98 Å². The largest absolute Gasteiger partial charge is 0.440 e. The van der Waals surface area contributed by atoms with E-state index in [4.69, 9.17) is 4.42 Å². The Morgan fingerprint density at radius 2 is 2.07 bits per heavy atom. The van der Waals surface area contributed by atoms with Crippen molar-refractivity contribution in [2.75, 3.05) is 0 Å². The molecule has 0 saturated heterocycles. The topological polar surface area (TPSA) is 26.0 Å². The number of halogens is 3. The monoisotopic (exact) mass is 215 g/mol. The van der Waals surface area contributed by atoms with Crippen LogP contribution in [0.1, 0.15) is 11.5 Å². The van der Waals surface area contributed by atoms with Crippen LogP contribution in [0.25, 0.3) is 11.1 Å². The summed E-state index contributed by atoms with van der Waals surface area (Å²) in [7, 11) is 0. The van der Waals surface area contributed by atoms with Gasteiger partial charge in [0.05, 0.1) is 0 Å². The van der Waals surface area contributed by atoms with E-state index in [0.29, 0.717) is 11.1 Å². The molecule has 80 valence electrons. The molecule has 0 fully saturated rings. The van der Waals surface area contributed by atoms with Crippen molar-refractivity contribution < 1.29 is 17.6 Å². The third kappa shape index (κ3) is 2.29. The molecule has 0 saturated carbocycles.